The Morgan fingerprint density at radius 2 is 1.94 bits per heavy atom. The summed E-state index contributed by atoms with van der Waals surface area (Å²) < 4.78 is 5.45. The van der Waals surface area contributed by atoms with Crippen LogP contribution in [-0.2, 0) is 6.54 Å². The average molecular weight is 245 g/mol. The molecule has 3 heteroatoms. The molecule has 18 heavy (non-hydrogen) atoms. The molecule has 0 spiro atoms. The Morgan fingerprint density at radius 1 is 1.17 bits per heavy atom. The van der Waals surface area contributed by atoms with Gasteiger partial charge < -0.3 is 14.8 Å². The zero-order valence-electron chi connectivity index (χ0n) is 10.8. The molecule has 0 saturated heterocycles. The summed E-state index contributed by atoms with van der Waals surface area (Å²) in [7, 11) is 0. The molecular formula is C15H19NO2. The Kier molecular flexibility index (Phi) is 4.18. The van der Waals surface area contributed by atoms with Gasteiger partial charge >= 0.3 is 0 Å². The fourth-order valence-electron chi connectivity index (χ4n) is 1.98. The van der Waals surface area contributed by atoms with Crippen molar-refractivity contribution in [2.24, 2.45) is 0 Å². The van der Waals surface area contributed by atoms with Gasteiger partial charge in [0.2, 0.25) is 0 Å². The number of hydrogen-bond acceptors (Lipinski definition) is 3. The Hall–Kier alpha value is -1.58. The van der Waals surface area contributed by atoms with Gasteiger partial charge in [-0.05, 0) is 37.1 Å². The van der Waals surface area contributed by atoms with Crippen LogP contribution < -0.4 is 5.32 Å². The second kappa shape index (κ2) is 5.85. The topological polar surface area (TPSA) is 45.4 Å². The molecule has 1 unspecified atom stereocenters. The maximum atomic E-state index is 10.1. The first-order chi connectivity index (χ1) is 8.66. The Labute approximate surface area is 107 Å². The van der Waals surface area contributed by atoms with Gasteiger partial charge in [0.05, 0.1) is 12.6 Å². The van der Waals surface area contributed by atoms with Crippen LogP contribution in [0.5, 0.6) is 0 Å². The fraction of sp³-hybridized carbons (Fsp3) is 0.333. The van der Waals surface area contributed by atoms with E-state index in [0.717, 1.165) is 22.6 Å². The molecule has 0 fully saturated rings. The molecule has 2 rings (SSSR count). The maximum Gasteiger partial charge on any atom is 0.117 e. The highest BCUT2D eigenvalue weighted by Gasteiger charge is 2.09. The second-order valence-corrected chi connectivity index (χ2v) is 4.52. The molecule has 0 aliphatic carbocycles. The normalized spacial score (nSPS) is 12.6. The van der Waals surface area contributed by atoms with Gasteiger partial charge in [0.1, 0.15) is 11.5 Å². The summed E-state index contributed by atoms with van der Waals surface area (Å²) in [4.78, 5) is 0. The SMILES string of the molecule is Cc1ccc(CNCC(O)c2ccccc2C)o1. The first-order valence-corrected chi connectivity index (χ1v) is 6.16. The van der Waals surface area contributed by atoms with Crippen molar-refractivity contribution < 1.29 is 9.52 Å². The molecule has 0 amide bonds. The molecule has 1 atom stereocenters. The van der Waals surface area contributed by atoms with Crippen molar-refractivity contribution in [2.45, 2.75) is 26.5 Å². The summed E-state index contributed by atoms with van der Waals surface area (Å²) in [6, 6.07) is 11.8. The number of benzene rings is 1. The van der Waals surface area contributed by atoms with Crippen molar-refractivity contribution in [2.75, 3.05) is 6.54 Å². The zero-order chi connectivity index (χ0) is 13.0. The number of aliphatic hydroxyl groups is 1. The molecular weight excluding hydrogens is 226 g/mol. The largest absolute Gasteiger partial charge is 0.465 e. The van der Waals surface area contributed by atoms with Crippen LogP contribution in [0.1, 0.15) is 28.8 Å². The van der Waals surface area contributed by atoms with Crippen molar-refractivity contribution in [3.8, 4) is 0 Å². The van der Waals surface area contributed by atoms with Gasteiger partial charge in [-0.3, -0.25) is 0 Å². The van der Waals surface area contributed by atoms with Crippen LogP contribution in [-0.4, -0.2) is 11.7 Å². The van der Waals surface area contributed by atoms with Crippen molar-refractivity contribution in [1.82, 2.24) is 5.32 Å². The average Bonchev–Trinajstić information content (AvgIpc) is 2.75. The second-order valence-electron chi connectivity index (χ2n) is 4.52. The van der Waals surface area contributed by atoms with Crippen molar-refractivity contribution in [3.63, 3.8) is 0 Å². The monoisotopic (exact) mass is 245 g/mol. The van der Waals surface area contributed by atoms with Crippen molar-refractivity contribution in [3.05, 3.63) is 59.0 Å². The van der Waals surface area contributed by atoms with Gasteiger partial charge in [-0.15, -0.1) is 0 Å². The summed E-state index contributed by atoms with van der Waals surface area (Å²) in [6.45, 7) is 5.08. The van der Waals surface area contributed by atoms with Gasteiger partial charge in [0.25, 0.3) is 0 Å². The molecule has 0 bridgehead atoms. The van der Waals surface area contributed by atoms with Crippen molar-refractivity contribution >= 4 is 0 Å². The number of hydrogen-bond donors (Lipinski definition) is 2. The Bertz CT molecular complexity index is 505. The molecule has 3 nitrogen and oxygen atoms in total. The third-order valence-electron chi connectivity index (χ3n) is 2.98. The standard InChI is InChI=1S/C15H19NO2/c1-11-5-3-4-6-14(11)15(17)10-16-9-13-8-7-12(2)18-13/h3-8,15-17H,9-10H2,1-2H3. The van der Waals surface area contributed by atoms with Crippen LogP contribution in [0.2, 0.25) is 0 Å². The van der Waals surface area contributed by atoms with Crippen LogP contribution in [0.25, 0.3) is 0 Å². The van der Waals surface area contributed by atoms with E-state index in [2.05, 4.69) is 5.32 Å². The lowest BCUT2D eigenvalue weighted by molar-refractivity contribution is 0.172. The first kappa shape index (κ1) is 12.9. The third kappa shape index (κ3) is 3.22. The number of furan rings is 1. The summed E-state index contributed by atoms with van der Waals surface area (Å²) in [5, 5.41) is 13.3. The van der Waals surface area contributed by atoms with E-state index in [1.807, 2.05) is 50.2 Å². The molecule has 0 aliphatic rings. The van der Waals surface area contributed by atoms with Gasteiger partial charge in [-0.1, -0.05) is 24.3 Å². The fourth-order valence-corrected chi connectivity index (χ4v) is 1.98. The molecule has 1 aromatic heterocycles. The Balaban J connectivity index is 1.85. The highest BCUT2D eigenvalue weighted by atomic mass is 16.3. The Morgan fingerprint density at radius 3 is 2.61 bits per heavy atom. The zero-order valence-corrected chi connectivity index (χ0v) is 10.8. The maximum absolute atomic E-state index is 10.1. The molecule has 0 radical (unpaired) electrons. The predicted molar refractivity (Wildman–Crippen MR) is 71.3 cm³/mol. The minimum absolute atomic E-state index is 0.484. The molecule has 2 N–H and O–H groups in total. The van der Waals surface area contributed by atoms with E-state index in [0.29, 0.717) is 13.1 Å². The number of rotatable bonds is 5. The molecule has 2 aromatic rings. The molecule has 1 aromatic carbocycles. The van der Waals surface area contributed by atoms with Crippen LogP contribution in [0, 0.1) is 13.8 Å². The lowest BCUT2D eigenvalue weighted by Gasteiger charge is -2.13. The smallest absolute Gasteiger partial charge is 0.117 e. The summed E-state index contributed by atoms with van der Waals surface area (Å²) in [6.07, 6.45) is -0.484. The van der Waals surface area contributed by atoms with E-state index < -0.39 is 6.10 Å². The van der Waals surface area contributed by atoms with E-state index >= 15 is 0 Å². The highest BCUT2D eigenvalue weighted by Crippen LogP contribution is 2.16. The van der Waals surface area contributed by atoms with E-state index in [1.165, 1.54) is 0 Å². The minimum atomic E-state index is -0.484. The molecule has 96 valence electrons. The van der Waals surface area contributed by atoms with Crippen molar-refractivity contribution in [1.29, 1.82) is 0 Å². The van der Waals surface area contributed by atoms with Gasteiger partial charge in [0, 0.05) is 6.54 Å². The lowest BCUT2D eigenvalue weighted by Crippen LogP contribution is -2.21. The van der Waals surface area contributed by atoms with E-state index in [-0.39, 0.29) is 0 Å². The summed E-state index contributed by atoms with van der Waals surface area (Å²) in [5.41, 5.74) is 2.08. The van der Waals surface area contributed by atoms with Crippen LogP contribution in [0.4, 0.5) is 0 Å². The highest BCUT2D eigenvalue weighted by molar-refractivity contribution is 5.27. The first-order valence-electron chi connectivity index (χ1n) is 6.16. The van der Waals surface area contributed by atoms with Crippen LogP contribution in [0.3, 0.4) is 0 Å². The quantitative estimate of drug-likeness (QED) is 0.851. The molecule has 0 saturated carbocycles. The molecule has 0 aliphatic heterocycles. The van der Waals surface area contributed by atoms with Gasteiger partial charge in [-0.25, -0.2) is 0 Å². The summed E-state index contributed by atoms with van der Waals surface area (Å²) in [5.74, 6) is 1.80. The van der Waals surface area contributed by atoms with Crippen LogP contribution >= 0.6 is 0 Å². The van der Waals surface area contributed by atoms with Gasteiger partial charge in [0.15, 0.2) is 0 Å². The minimum Gasteiger partial charge on any atom is -0.465 e. The van der Waals surface area contributed by atoms with Crippen LogP contribution in [0.15, 0.2) is 40.8 Å². The number of nitrogens with one attached hydrogen (secondary N) is 1. The summed E-state index contributed by atoms with van der Waals surface area (Å²) >= 11 is 0. The van der Waals surface area contributed by atoms with E-state index in [1.54, 1.807) is 0 Å². The number of aryl methyl sites for hydroxylation is 2. The van der Waals surface area contributed by atoms with Gasteiger partial charge in [-0.2, -0.15) is 0 Å². The third-order valence-corrected chi connectivity index (χ3v) is 2.98. The molecule has 1 heterocycles. The van der Waals surface area contributed by atoms with E-state index in [4.69, 9.17) is 4.42 Å². The lowest BCUT2D eigenvalue weighted by atomic mass is 10.0. The number of aliphatic hydroxyl groups excluding tert-OH is 1. The predicted octanol–water partition coefficient (Wildman–Crippen LogP) is 2.72. The van der Waals surface area contributed by atoms with E-state index in [9.17, 15) is 5.11 Å².